The Kier molecular flexibility index (Phi) is 4.24. The summed E-state index contributed by atoms with van der Waals surface area (Å²) in [4.78, 5) is 24.1. The minimum atomic E-state index is -0.851. The van der Waals surface area contributed by atoms with Gasteiger partial charge in [-0.25, -0.2) is 0 Å². The van der Waals surface area contributed by atoms with Crippen LogP contribution in [0, 0.1) is 6.92 Å². The highest BCUT2D eigenvalue weighted by Crippen LogP contribution is 2.66. The lowest BCUT2D eigenvalue weighted by Gasteiger charge is -2.35. The molecule has 0 fully saturated rings. The molecule has 0 saturated heterocycles. The van der Waals surface area contributed by atoms with Crippen LogP contribution in [-0.2, 0) is 10.2 Å². The largest absolute Gasteiger partial charge is 0.361 e. The van der Waals surface area contributed by atoms with E-state index >= 15 is 0 Å². The first-order valence-electron chi connectivity index (χ1n) is 13.2. The van der Waals surface area contributed by atoms with Gasteiger partial charge in [0.15, 0.2) is 0 Å². The second-order valence-electron chi connectivity index (χ2n) is 10.8. The van der Waals surface area contributed by atoms with Gasteiger partial charge in [0.05, 0.1) is 0 Å². The predicted octanol–water partition coefficient (Wildman–Crippen LogP) is 7.15. The number of benzene rings is 4. The fourth-order valence-electron chi connectivity index (χ4n) is 7.54. The zero-order valence-electron chi connectivity index (χ0n) is 21.3. The second kappa shape index (κ2) is 7.48. The van der Waals surface area contributed by atoms with E-state index in [0.717, 1.165) is 38.9 Å². The van der Waals surface area contributed by atoms with Crippen molar-refractivity contribution in [2.45, 2.75) is 24.2 Å². The molecule has 0 saturated carbocycles. The summed E-state index contributed by atoms with van der Waals surface area (Å²) in [5.41, 5.74) is 9.31. The van der Waals surface area contributed by atoms with Gasteiger partial charge in [-0.05, 0) is 41.3 Å². The summed E-state index contributed by atoms with van der Waals surface area (Å²) in [6.45, 7) is 2.15. The highest BCUT2D eigenvalue weighted by atomic mass is 16.2. The Morgan fingerprint density at radius 1 is 0.816 bits per heavy atom. The van der Waals surface area contributed by atoms with Gasteiger partial charge in [0.1, 0.15) is 5.41 Å². The average molecular weight is 494 g/mol. The van der Waals surface area contributed by atoms with E-state index in [1.165, 1.54) is 22.1 Å². The SMILES string of the molecule is Cc1c[nH]c2c([C@@H]3c4[nH]c5ccccc5c4[C@]4(C(=O)N(C)c5ccccc54)[C@H]3c3ccccc3)cccc12. The lowest BCUT2D eigenvalue weighted by Crippen LogP contribution is -2.43. The molecule has 2 aromatic heterocycles. The van der Waals surface area contributed by atoms with E-state index in [2.05, 4.69) is 114 Å². The van der Waals surface area contributed by atoms with Crippen LogP contribution in [0.4, 0.5) is 5.69 Å². The zero-order chi connectivity index (χ0) is 25.6. The van der Waals surface area contributed by atoms with Crippen molar-refractivity contribution in [2.24, 2.45) is 0 Å². The number of rotatable bonds is 2. The van der Waals surface area contributed by atoms with Crippen molar-refractivity contribution in [1.82, 2.24) is 9.97 Å². The Bertz CT molecular complexity index is 1900. The average Bonchev–Trinajstić information content (AvgIpc) is 3.66. The Labute approximate surface area is 220 Å². The van der Waals surface area contributed by atoms with Crippen molar-refractivity contribution in [3.05, 3.63) is 137 Å². The quantitative estimate of drug-likeness (QED) is 0.264. The number of hydrogen-bond donors (Lipinski definition) is 2. The van der Waals surface area contributed by atoms with Gasteiger partial charge >= 0.3 is 0 Å². The number of para-hydroxylation sites is 3. The van der Waals surface area contributed by atoms with Crippen molar-refractivity contribution in [3.8, 4) is 0 Å². The number of anilines is 1. The van der Waals surface area contributed by atoms with Crippen LogP contribution in [0.1, 0.15) is 45.3 Å². The number of H-pyrrole nitrogens is 2. The molecule has 0 radical (unpaired) electrons. The summed E-state index contributed by atoms with van der Waals surface area (Å²) in [5.74, 6) is -0.0386. The number of aryl methyl sites for hydroxylation is 1. The van der Waals surface area contributed by atoms with Crippen molar-refractivity contribution in [1.29, 1.82) is 0 Å². The van der Waals surface area contributed by atoms with E-state index in [-0.39, 0.29) is 17.7 Å². The minimum absolute atomic E-state index is 0.0509. The number of hydrogen-bond acceptors (Lipinski definition) is 1. The summed E-state index contributed by atoms with van der Waals surface area (Å²) < 4.78 is 0. The number of fused-ring (bicyclic) bond motifs is 7. The first-order chi connectivity index (χ1) is 18.6. The van der Waals surface area contributed by atoms with Crippen LogP contribution < -0.4 is 4.90 Å². The molecule has 4 nitrogen and oxygen atoms in total. The number of likely N-dealkylation sites (N-methyl/N-ethyl adjacent to an activating group) is 1. The van der Waals surface area contributed by atoms with Crippen LogP contribution >= 0.6 is 0 Å². The fourth-order valence-corrected chi connectivity index (χ4v) is 7.54. The van der Waals surface area contributed by atoms with Gasteiger partial charge in [-0.1, -0.05) is 84.9 Å². The third-order valence-corrected chi connectivity index (χ3v) is 9.02. The number of carbonyl (C=O) groups is 1. The van der Waals surface area contributed by atoms with E-state index < -0.39 is 5.41 Å². The lowest BCUT2D eigenvalue weighted by molar-refractivity contribution is -0.122. The molecule has 1 aliphatic carbocycles. The number of nitrogens with one attached hydrogen (secondary N) is 2. The standard InChI is InChI=1S/C34H27N3O/c1-20-19-35-31-22(20)14-10-15-24(31)28-29(21-11-4-3-5-12-21)34(25-16-7-9-18-27(25)37(2)33(34)38)30-23-13-6-8-17-26(23)36-32(28)30/h3-19,28-29,35-36H,1-2H3/t28-,29-,34+/m0/s1. The zero-order valence-corrected chi connectivity index (χ0v) is 21.3. The molecule has 0 unspecified atom stereocenters. The molecule has 1 spiro atoms. The summed E-state index contributed by atoms with van der Waals surface area (Å²) in [5, 5.41) is 2.35. The van der Waals surface area contributed by atoms with E-state index in [9.17, 15) is 4.79 Å². The summed E-state index contributed by atoms with van der Waals surface area (Å²) in [6.07, 6.45) is 2.09. The molecule has 2 N–H and O–H groups in total. The normalized spacial score (nSPS) is 22.1. The second-order valence-corrected chi connectivity index (χ2v) is 10.8. The highest BCUT2D eigenvalue weighted by Gasteiger charge is 2.64. The van der Waals surface area contributed by atoms with E-state index in [0.29, 0.717) is 0 Å². The molecule has 38 heavy (non-hydrogen) atoms. The predicted molar refractivity (Wildman–Crippen MR) is 153 cm³/mol. The molecule has 184 valence electrons. The molecule has 8 rings (SSSR count). The summed E-state index contributed by atoms with van der Waals surface area (Å²) in [7, 11) is 1.93. The molecule has 3 heterocycles. The Morgan fingerprint density at radius 2 is 1.55 bits per heavy atom. The van der Waals surface area contributed by atoms with Crippen molar-refractivity contribution in [2.75, 3.05) is 11.9 Å². The van der Waals surface area contributed by atoms with Gasteiger partial charge in [0.2, 0.25) is 5.91 Å². The smallest absolute Gasteiger partial charge is 0.242 e. The molecule has 3 atom stereocenters. The molecule has 1 aliphatic heterocycles. The van der Waals surface area contributed by atoms with E-state index in [1.54, 1.807) is 0 Å². The summed E-state index contributed by atoms with van der Waals surface area (Å²) in [6, 6.07) is 34.0. The van der Waals surface area contributed by atoms with Gasteiger partial charge < -0.3 is 14.9 Å². The number of carbonyl (C=O) groups excluding carboxylic acids is 1. The third kappa shape index (κ3) is 2.48. The van der Waals surface area contributed by atoms with Crippen LogP contribution in [0.3, 0.4) is 0 Å². The highest BCUT2D eigenvalue weighted by molar-refractivity contribution is 6.14. The van der Waals surface area contributed by atoms with Gasteiger partial charge in [-0.3, -0.25) is 4.79 Å². The first kappa shape index (κ1) is 21.5. The number of aromatic amines is 2. The molecule has 1 amide bonds. The Morgan fingerprint density at radius 3 is 2.42 bits per heavy atom. The van der Waals surface area contributed by atoms with Crippen LogP contribution in [0.25, 0.3) is 21.8 Å². The summed E-state index contributed by atoms with van der Waals surface area (Å²) >= 11 is 0. The van der Waals surface area contributed by atoms with E-state index in [1.807, 2.05) is 18.0 Å². The number of nitrogens with zero attached hydrogens (tertiary/aromatic N) is 1. The van der Waals surface area contributed by atoms with Crippen LogP contribution in [0.5, 0.6) is 0 Å². The van der Waals surface area contributed by atoms with Gasteiger partial charge in [0, 0.05) is 63.8 Å². The first-order valence-corrected chi connectivity index (χ1v) is 13.2. The van der Waals surface area contributed by atoms with E-state index in [4.69, 9.17) is 0 Å². The monoisotopic (exact) mass is 493 g/mol. The molecule has 4 aromatic carbocycles. The van der Waals surface area contributed by atoms with Gasteiger partial charge in [-0.15, -0.1) is 0 Å². The van der Waals surface area contributed by atoms with Crippen LogP contribution in [0.15, 0.2) is 103 Å². The maximum Gasteiger partial charge on any atom is 0.242 e. The fraction of sp³-hybridized carbons (Fsp3) is 0.147. The maximum atomic E-state index is 14.8. The van der Waals surface area contributed by atoms with Crippen molar-refractivity contribution in [3.63, 3.8) is 0 Å². The van der Waals surface area contributed by atoms with Crippen molar-refractivity contribution >= 4 is 33.4 Å². The molecule has 2 aliphatic rings. The number of amides is 1. The van der Waals surface area contributed by atoms with Gasteiger partial charge in [-0.2, -0.15) is 0 Å². The molecular formula is C34H27N3O. The molecule has 6 aromatic rings. The molecule has 0 bridgehead atoms. The maximum absolute atomic E-state index is 14.8. The molecule has 4 heteroatoms. The Hall–Kier alpha value is -4.57. The van der Waals surface area contributed by atoms with Gasteiger partial charge in [0.25, 0.3) is 0 Å². The number of aromatic nitrogens is 2. The lowest BCUT2D eigenvalue weighted by atomic mass is 9.64. The Balaban J connectivity index is 1.57. The third-order valence-electron chi connectivity index (χ3n) is 9.02. The minimum Gasteiger partial charge on any atom is -0.361 e. The molecular weight excluding hydrogens is 466 g/mol. The topological polar surface area (TPSA) is 51.9 Å². The van der Waals surface area contributed by atoms with Crippen LogP contribution in [-0.4, -0.2) is 22.9 Å². The van der Waals surface area contributed by atoms with Crippen LogP contribution in [0.2, 0.25) is 0 Å². The van der Waals surface area contributed by atoms with Crippen molar-refractivity contribution < 1.29 is 4.79 Å².